The van der Waals surface area contributed by atoms with Crippen LogP contribution in [0.3, 0.4) is 0 Å². The molecule has 5 rings (SSSR count). The Morgan fingerprint density at radius 1 is 1.03 bits per heavy atom. The average Bonchev–Trinajstić information content (AvgIpc) is 3.08. The van der Waals surface area contributed by atoms with Crippen LogP contribution in [0.5, 0.6) is 11.5 Å². The summed E-state index contributed by atoms with van der Waals surface area (Å²) in [5.74, 6) is 0.696. The van der Waals surface area contributed by atoms with Crippen molar-refractivity contribution in [3.05, 3.63) is 28.8 Å². The fourth-order valence-corrected chi connectivity index (χ4v) is 5.92. The lowest BCUT2D eigenvalue weighted by molar-refractivity contribution is -0.158. The van der Waals surface area contributed by atoms with E-state index in [9.17, 15) is 9.59 Å². The van der Waals surface area contributed by atoms with Gasteiger partial charge >= 0.3 is 11.9 Å². The third-order valence-corrected chi connectivity index (χ3v) is 7.71. The number of esters is 2. The second-order valence-corrected chi connectivity index (χ2v) is 9.12. The lowest BCUT2D eigenvalue weighted by Crippen LogP contribution is -2.51. The average molecular weight is 414 g/mol. The molecule has 0 N–H and O–H groups in total. The van der Waals surface area contributed by atoms with Crippen molar-refractivity contribution >= 4 is 17.5 Å². The summed E-state index contributed by atoms with van der Waals surface area (Å²) < 4.78 is 21.1. The molecule has 1 aromatic carbocycles. The van der Waals surface area contributed by atoms with E-state index in [1.165, 1.54) is 19.8 Å². The summed E-state index contributed by atoms with van der Waals surface area (Å²) in [4.78, 5) is 24.9. The van der Waals surface area contributed by atoms with Gasteiger partial charge < -0.3 is 18.9 Å². The molecule has 0 heterocycles. The summed E-state index contributed by atoms with van der Waals surface area (Å²) in [6.45, 7) is 4.65. The zero-order chi connectivity index (χ0) is 21.8. The summed E-state index contributed by atoms with van der Waals surface area (Å²) >= 11 is 0. The summed E-state index contributed by atoms with van der Waals surface area (Å²) in [5.41, 5.74) is 4.78. The van der Waals surface area contributed by atoms with Crippen LogP contribution in [-0.2, 0) is 19.1 Å². The van der Waals surface area contributed by atoms with Crippen LogP contribution in [0.15, 0.2) is 17.7 Å². The van der Waals surface area contributed by atoms with E-state index in [1.807, 2.05) is 12.1 Å². The van der Waals surface area contributed by atoms with Gasteiger partial charge in [-0.3, -0.25) is 9.59 Å². The molecule has 6 nitrogen and oxygen atoms in total. The van der Waals surface area contributed by atoms with Gasteiger partial charge in [-0.1, -0.05) is 19.4 Å². The molecule has 3 saturated carbocycles. The topological polar surface area (TPSA) is 71.1 Å². The normalized spacial score (nSPS) is 25.2. The van der Waals surface area contributed by atoms with Crippen molar-refractivity contribution in [3.63, 3.8) is 0 Å². The highest BCUT2D eigenvalue weighted by Crippen LogP contribution is 2.70. The molecule has 2 bridgehead atoms. The third-order valence-electron chi connectivity index (χ3n) is 7.71. The molecular weight excluding hydrogens is 384 g/mol. The van der Waals surface area contributed by atoms with E-state index in [-0.39, 0.29) is 17.8 Å². The first-order chi connectivity index (χ1) is 14.3. The molecular formula is C24H30O6. The van der Waals surface area contributed by atoms with Gasteiger partial charge in [0.25, 0.3) is 0 Å². The van der Waals surface area contributed by atoms with E-state index < -0.39 is 17.9 Å². The number of methoxy groups -OCH3 is 4. The van der Waals surface area contributed by atoms with Crippen LogP contribution in [0.2, 0.25) is 0 Å². The molecule has 0 saturated heterocycles. The smallest absolute Gasteiger partial charge is 0.320 e. The van der Waals surface area contributed by atoms with Gasteiger partial charge in [-0.05, 0) is 53.7 Å². The molecule has 0 amide bonds. The molecule has 6 heteroatoms. The Bertz CT molecular complexity index is 912. The largest absolute Gasteiger partial charge is 0.497 e. The molecule has 0 radical (unpaired) electrons. The zero-order valence-corrected chi connectivity index (χ0v) is 18.5. The predicted molar refractivity (Wildman–Crippen MR) is 111 cm³/mol. The Morgan fingerprint density at radius 2 is 1.70 bits per heavy atom. The van der Waals surface area contributed by atoms with Gasteiger partial charge in [-0.25, -0.2) is 0 Å². The number of hydrogen-bond acceptors (Lipinski definition) is 6. The minimum absolute atomic E-state index is 0.211. The number of carbonyl (C=O) groups excluding carboxylic acids is 2. The third kappa shape index (κ3) is 2.83. The SMILES string of the molecule is COC(=O)C(CC1=C2[C@H](C[C@@H]3C[C@@H]2C3(C)C)c2c(OC)cc(OC)cc21)C(=O)OC. The molecule has 162 valence electrons. The molecule has 3 atom stereocenters. The molecule has 0 spiro atoms. The maximum atomic E-state index is 12.4. The van der Waals surface area contributed by atoms with Crippen molar-refractivity contribution in [3.8, 4) is 11.5 Å². The molecule has 3 fully saturated rings. The molecule has 0 aliphatic heterocycles. The van der Waals surface area contributed by atoms with Crippen molar-refractivity contribution in [2.24, 2.45) is 23.2 Å². The second kappa shape index (κ2) is 7.33. The molecule has 0 unspecified atom stereocenters. The number of ether oxygens (including phenoxy) is 4. The fourth-order valence-electron chi connectivity index (χ4n) is 5.92. The van der Waals surface area contributed by atoms with Crippen molar-refractivity contribution in [2.75, 3.05) is 28.4 Å². The number of hydrogen-bond donors (Lipinski definition) is 0. The van der Waals surface area contributed by atoms with Crippen LogP contribution in [0.1, 0.15) is 50.2 Å². The standard InChI is InChI=1S/C24H30O6/c1-24(2)12-7-16-20(18(24)8-12)15(11-17(22(25)29-5)23(26)30-6)14-9-13(27-3)10-19(28-4)21(14)16/h9-10,12,16-18H,7-8,11H2,1-6H3/t12-,16+,18+/m1/s1. The van der Waals surface area contributed by atoms with E-state index in [0.29, 0.717) is 17.6 Å². The summed E-state index contributed by atoms with van der Waals surface area (Å²) in [6.07, 6.45) is 2.46. The Hall–Kier alpha value is -2.50. The minimum atomic E-state index is -0.993. The highest BCUT2D eigenvalue weighted by molar-refractivity contribution is 5.97. The van der Waals surface area contributed by atoms with Gasteiger partial charge in [0.15, 0.2) is 5.92 Å². The van der Waals surface area contributed by atoms with E-state index in [1.54, 1.807) is 14.2 Å². The lowest BCUT2D eigenvalue weighted by Gasteiger charge is -2.60. The molecule has 30 heavy (non-hydrogen) atoms. The Labute approximate surface area is 177 Å². The van der Waals surface area contributed by atoms with Crippen LogP contribution in [0, 0.1) is 23.2 Å². The number of allylic oxidation sites excluding steroid dienone is 2. The summed E-state index contributed by atoms with van der Waals surface area (Å²) in [5, 5.41) is 0. The number of carbonyl (C=O) groups is 2. The number of fused-ring (bicyclic) bond motifs is 1. The van der Waals surface area contributed by atoms with E-state index in [4.69, 9.17) is 18.9 Å². The Kier molecular flexibility index (Phi) is 5.07. The molecule has 4 aliphatic rings. The second-order valence-electron chi connectivity index (χ2n) is 9.12. The quantitative estimate of drug-likeness (QED) is 0.518. The maximum absolute atomic E-state index is 12.4. The monoisotopic (exact) mass is 414 g/mol. The van der Waals surface area contributed by atoms with Gasteiger partial charge in [0, 0.05) is 17.5 Å². The van der Waals surface area contributed by atoms with E-state index >= 15 is 0 Å². The predicted octanol–water partition coefficient (Wildman–Crippen LogP) is 3.97. The van der Waals surface area contributed by atoms with E-state index in [0.717, 1.165) is 35.3 Å². The maximum Gasteiger partial charge on any atom is 0.320 e. The van der Waals surface area contributed by atoms with Crippen LogP contribution in [0.25, 0.3) is 5.57 Å². The van der Waals surface area contributed by atoms with Crippen molar-refractivity contribution in [1.82, 2.24) is 0 Å². The first-order valence-corrected chi connectivity index (χ1v) is 10.4. The zero-order valence-electron chi connectivity index (χ0n) is 18.5. The molecule has 0 aromatic heterocycles. The number of benzene rings is 1. The lowest BCUT2D eigenvalue weighted by atomic mass is 9.45. The molecule has 1 aromatic rings. The van der Waals surface area contributed by atoms with Gasteiger partial charge in [0.1, 0.15) is 11.5 Å². The van der Waals surface area contributed by atoms with Crippen molar-refractivity contribution in [1.29, 1.82) is 0 Å². The Balaban J connectivity index is 1.88. The molecule has 4 aliphatic carbocycles. The summed E-state index contributed by atoms with van der Waals surface area (Å²) in [6, 6.07) is 3.93. The van der Waals surface area contributed by atoms with E-state index in [2.05, 4.69) is 13.8 Å². The van der Waals surface area contributed by atoms with Gasteiger partial charge in [-0.2, -0.15) is 0 Å². The Morgan fingerprint density at radius 3 is 2.23 bits per heavy atom. The van der Waals surface area contributed by atoms with Gasteiger partial charge in [-0.15, -0.1) is 0 Å². The minimum Gasteiger partial charge on any atom is -0.497 e. The van der Waals surface area contributed by atoms with Gasteiger partial charge in [0.2, 0.25) is 0 Å². The fraction of sp³-hybridized carbons (Fsp3) is 0.583. The van der Waals surface area contributed by atoms with Crippen molar-refractivity contribution in [2.45, 2.75) is 39.0 Å². The first kappa shape index (κ1) is 20.8. The van der Waals surface area contributed by atoms with Gasteiger partial charge in [0.05, 0.1) is 28.4 Å². The number of rotatable bonds is 6. The summed E-state index contributed by atoms with van der Waals surface area (Å²) in [7, 11) is 5.90. The van der Waals surface area contributed by atoms with Crippen LogP contribution >= 0.6 is 0 Å². The highest BCUT2D eigenvalue weighted by atomic mass is 16.5. The van der Waals surface area contributed by atoms with Crippen molar-refractivity contribution < 1.29 is 28.5 Å². The first-order valence-electron chi connectivity index (χ1n) is 10.4. The van der Waals surface area contributed by atoms with Crippen LogP contribution in [0.4, 0.5) is 0 Å². The van der Waals surface area contributed by atoms with Crippen LogP contribution < -0.4 is 9.47 Å². The van der Waals surface area contributed by atoms with Crippen LogP contribution in [-0.4, -0.2) is 40.4 Å². The highest BCUT2D eigenvalue weighted by Gasteiger charge is 2.58.